The van der Waals surface area contributed by atoms with Crippen molar-refractivity contribution in [3.8, 4) is 0 Å². The molecular formula is C15H23NO2. The molecule has 1 fully saturated rings. The molecular weight excluding hydrogens is 226 g/mol. The van der Waals surface area contributed by atoms with E-state index in [0.717, 1.165) is 39.4 Å². The van der Waals surface area contributed by atoms with Crippen molar-refractivity contribution in [3.63, 3.8) is 0 Å². The molecule has 0 bridgehead atoms. The molecule has 3 heteroatoms. The second kappa shape index (κ2) is 7.52. The van der Waals surface area contributed by atoms with E-state index in [-0.39, 0.29) is 0 Å². The third-order valence-electron chi connectivity index (χ3n) is 3.31. The van der Waals surface area contributed by atoms with Crippen LogP contribution in [0.2, 0.25) is 0 Å². The minimum atomic E-state index is 0.290. The maximum absolute atomic E-state index is 5.84. The van der Waals surface area contributed by atoms with Crippen molar-refractivity contribution in [3.05, 3.63) is 35.9 Å². The number of hydrogen-bond acceptors (Lipinski definition) is 3. The van der Waals surface area contributed by atoms with Crippen molar-refractivity contribution in [2.24, 2.45) is 5.92 Å². The molecule has 1 aliphatic heterocycles. The molecule has 0 radical (unpaired) electrons. The van der Waals surface area contributed by atoms with E-state index in [1.807, 2.05) is 6.07 Å². The van der Waals surface area contributed by atoms with Crippen LogP contribution in [0.3, 0.4) is 0 Å². The first-order valence-electron chi connectivity index (χ1n) is 6.84. The first-order chi connectivity index (χ1) is 8.90. The Balaban J connectivity index is 1.79. The van der Waals surface area contributed by atoms with Gasteiger partial charge < -0.3 is 14.8 Å². The molecule has 2 rings (SSSR count). The van der Waals surface area contributed by atoms with Gasteiger partial charge in [0.15, 0.2) is 0 Å². The minimum absolute atomic E-state index is 0.290. The summed E-state index contributed by atoms with van der Waals surface area (Å²) in [5.74, 6) is 0.586. The molecule has 1 aromatic carbocycles. The summed E-state index contributed by atoms with van der Waals surface area (Å²) in [6.45, 7) is 6.37. The van der Waals surface area contributed by atoms with Gasteiger partial charge in [-0.1, -0.05) is 37.3 Å². The summed E-state index contributed by atoms with van der Waals surface area (Å²) >= 11 is 0. The van der Waals surface area contributed by atoms with Crippen LogP contribution >= 0.6 is 0 Å². The molecule has 1 N–H and O–H groups in total. The van der Waals surface area contributed by atoms with Crippen LogP contribution < -0.4 is 5.32 Å². The van der Waals surface area contributed by atoms with Gasteiger partial charge in [-0.15, -0.1) is 0 Å². The number of hydrogen-bond donors (Lipinski definition) is 1. The van der Waals surface area contributed by atoms with Crippen LogP contribution in [0, 0.1) is 5.92 Å². The average Bonchev–Trinajstić information content (AvgIpc) is 2.92. The Bertz CT molecular complexity index is 323. The molecule has 100 valence electrons. The number of ether oxygens (including phenoxy) is 2. The van der Waals surface area contributed by atoms with Crippen LogP contribution in [0.25, 0.3) is 0 Å². The van der Waals surface area contributed by atoms with Crippen molar-refractivity contribution < 1.29 is 9.47 Å². The van der Waals surface area contributed by atoms with Crippen molar-refractivity contribution in [2.45, 2.75) is 19.4 Å². The van der Waals surface area contributed by atoms with Crippen LogP contribution in [0.4, 0.5) is 0 Å². The largest absolute Gasteiger partial charge is 0.381 e. The maximum atomic E-state index is 5.84. The lowest BCUT2D eigenvalue weighted by Crippen LogP contribution is -2.26. The predicted octanol–water partition coefficient (Wildman–Crippen LogP) is 2.39. The van der Waals surface area contributed by atoms with E-state index in [4.69, 9.17) is 9.47 Å². The molecule has 1 aliphatic rings. The molecule has 2 atom stereocenters. The fraction of sp³-hybridized carbons (Fsp3) is 0.600. The van der Waals surface area contributed by atoms with Gasteiger partial charge in [0.1, 0.15) is 0 Å². The van der Waals surface area contributed by atoms with Gasteiger partial charge in [0, 0.05) is 12.5 Å². The average molecular weight is 249 g/mol. The summed E-state index contributed by atoms with van der Waals surface area (Å²) in [6.07, 6.45) is 1.14. The molecule has 2 unspecified atom stereocenters. The molecule has 3 nitrogen and oxygen atoms in total. The second-order valence-corrected chi connectivity index (χ2v) is 4.79. The van der Waals surface area contributed by atoms with E-state index < -0.39 is 0 Å². The fourth-order valence-electron chi connectivity index (χ4n) is 2.27. The fourth-order valence-corrected chi connectivity index (χ4v) is 2.27. The number of benzene rings is 1. The molecule has 0 amide bonds. The number of likely N-dealkylation sites (N-methyl/N-ethyl adjacent to an activating group) is 1. The van der Waals surface area contributed by atoms with Gasteiger partial charge in [-0.2, -0.15) is 0 Å². The van der Waals surface area contributed by atoms with E-state index in [9.17, 15) is 0 Å². The first-order valence-corrected chi connectivity index (χ1v) is 6.84. The Morgan fingerprint density at radius 2 is 2.22 bits per heavy atom. The van der Waals surface area contributed by atoms with Crippen molar-refractivity contribution in [1.82, 2.24) is 5.32 Å². The summed E-state index contributed by atoms with van der Waals surface area (Å²) in [7, 11) is 0. The lowest BCUT2D eigenvalue weighted by atomic mass is 10.1. The minimum Gasteiger partial charge on any atom is -0.381 e. The monoisotopic (exact) mass is 249 g/mol. The van der Waals surface area contributed by atoms with E-state index in [1.54, 1.807) is 0 Å². The summed E-state index contributed by atoms with van der Waals surface area (Å²) in [6, 6.07) is 10.8. The van der Waals surface area contributed by atoms with Gasteiger partial charge >= 0.3 is 0 Å². The number of rotatable bonds is 7. The molecule has 0 saturated carbocycles. The van der Waals surface area contributed by atoms with Crippen LogP contribution in [0.15, 0.2) is 30.3 Å². The van der Waals surface area contributed by atoms with Gasteiger partial charge in [-0.25, -0.2) is 0 Å². The lowest BCUT2D eigenvalue weighted by Gasteiger charge is -2.19. The third-order valence-corrected chi connectivity index (χ3v) is 3.31. The molecule has 18 heavy (non-hydrogen) atoms. The van der Waals surface area contributed by atoms with Crippen molar-refractivity contribution in [1.29, 1.82) is 0 Å². The highest BCUT2D eigenvalue weighted by molar-refractivity contribution is 5.18. The maximum Gasteiger partial charge on any atom is 0.0661 e. The summed E-state index contributed by atoms with van der Waals surface area (Å²) in [5.41, 5.74) is 1.29. The lowest BCUT2D eigenvalue weighted by molar-refractivity contribution is 0.0747. The van der Waals surface area contributed by atoms with Crippen LogP contribution in [-0.4, -0.2) is 33.0 Å². The molecule has 1 heterocycles. The van der Waals surface area contributed by atoms with Crippen LogP contribution in [0.1, 0.15) is 24.9 Å². The van der Waals surface area contributed by atoms with E-state index in [2.05, 4.69) is 36.5 Å². The first kappa shape index (κ1) is 13.5. The molecule has 1 aromatic rings. The summed E-state index contributed by atoms with van der Waals surface area (Å²) in [5, 5.41) is 3.47. The smallest absolute Gasteiger partial charge is 0.0661 e. The van der Waals surface area contributed by atoms with E-state index in [0.29, 0.717) is 12.0 Å². The topological polar surface area (TPSA) is 30.5 Å². The Morgan fingerprint density at radius 3 is 2.89 bits per heavy atom. The van der Waals surface area contributed by atoms with Crippen molar-refractivity contribution >= 4 is 0 Å². The summed E-state index contributed by atoms with van der Waals surface area (Å²) in [4.78, 5) is 0. The van der Waals surface area contributed by atoms with Gasteiger partial charge in [0.25, 0.3) is 0 Å². The zero-order chi connectivity index (χ0) is 12.6. The third kappa shape index (κ3) is 4.09. The second-order valence-electron chi connectivity index (χ2n) is 4.79. The zero-order valence-corrected chi connectivity index (χ0v) is 11.1. The molecule has 0 aliphatic carbocycles. The van der Waals surface area contributed by atoms with Gasteiger partial charge in [-0.3, -0.25) is 0 Å². The zero-order valence-electron chi connectivity index (χ0n) is 11.1. The van der Waals surface area contributed by atoms with Crippen molar-refractivity contribution in [2.75, 3.05) is 33.0 Å². The Kier molecular flexibility index (Phi) is 5.65. The number of nitrogens with one attached hydrogen (secondary N) is 1. The van der Waals surface area contributed by atoms with Crippen LogP contribution in [0.5, 0.6) is 0 Å². The van der Waals surface area contributed by atoms with Gasteiger partial charge in [0.05, 0.1) is 25.9 Å². The quantitative estimate of drug-likeness (QED) is 0.805. The molecule has 0 spiro atoms. The van der Waals surface area contributed by atoms with Gasteiger partial charge in [0.2, 0.25) is 0 Å². The standard InChI is InChI=1S/C15H23NO2/c1-2-16-15(14-6-4-3-5-7-14)12-18-11-13-8-9-17-10-13/h3-7,13,15-16H,2,8-12H2,1H3. The normalized spacial score (nSPS) is 21.1. The SMILES string of the molecule is CCNC(COCC1CCOC1)c1ccccc1. The Morgan fingerprint density at radius 1 is 1.39 bits per heavy atom. The van der Waals surface area contributed by atoms with E-state index >= 15 is 0 Å². The highest BCUT2D eigenvalue weighted by atomic mass is 16.5. The molecule has 0 aromatic heterocycles. The predicted molar refractivity (Wildman–Crippen MR) is 72.6 cm³/mol. The van der Waals surface area contributed by atoms with Gasteiger partial charge in [-0.05, 0) is 18.5 Å². The summed E-state index contributed by atoms with van der Waals surface area (Å²) < 4.78 is 11.2. The van der Waals surface area contributed by atoms with E-state index in [1.165, 1.54) is 5.56 Å². The highest BCUT2D eigenvalue weighted by Crippen LogP contribution is 2.16. The van der Waals surface area contributed by atoms with Crippen LogP contribution in [-0.2, 0) is 9.47 Å². The molecule has 1 saturated heterocycles. The Labute approximate surface area is 109 Å². The highest BCUT2D eigenvalue weighted by Gasteiger charge is 2.17. The Hall–Kier alpha value is -0.900.